The molecule has 0 unspecified atom stereocenters. The van der Waals surface area contributed by atoms with Gasteiger partial charge >= 0.3 is 0 Å². The van der Waals surface area contributed by atoms with Crippen molar-refractivity contribution in [1.82, 2.24) is 4.98 Å². The fourth-order valence-electron chi connectivity index (χ4n) is 1.27. The lowest BCUT2D eigenvalue weighted by Crippen LogP contribution is -1.94. The summed E-state index contributed by atoms with van der Waals surface area (Å²) in [7, 11) is 1.58. The summed E-state index contributed by atoms with van der Waals surface area (Å²) in [6.07, 6.45) is 1.51. The van der Waals surface area contributed by atoms with Crippen LogP contribution < -0.4 is 15.2 Å². The van der Waals surface area contributed by atoms with E-state index in [4.69, 9.17) is 26.8 Å². The van der Waals surface area contributed by atoms with Crippen LogP contribution in [0.5, 0.6) is 17.4 Å². The Labute approximate surface area is 104 Å². The number of anilines is 1. The molecule has 1 aromatic carbocycles. The molecule has 0 saturated heterocycles. The van der Waals surface area contributed by atoms with Crippen LogP contribution in [0.1, 0.15) is 0 Å². The third-order valence-corrected chi connectivity index (χ3v) is 2.36. The molecule has 0 radical (unpaired) electrons. The van der Waals surface area contributed by atoms with Crippen LogP contribution in [-0.4, -0.2) is 12.1 Å². The smallest absolute Gasteiger partial charge is 0.219 e. The van der Waals surface area contributed by atoms with Gasteiger partial charge in [-0.15, -0.1) is 0 Å². The maximum atomic E-state index is 5.79. The van der Waals surface area contributed by atoms with Gasteiger partial charge in [-0.2, -0.15) is 0 Å². The summed E-state index contributed by atoms with van der Waals surface area (Å²) in [6.45, 7) is 0. The van der Waals surface area contributed by atoms with Gasteiger partial charge in [0.15, 0.2) is 5.75 Å². The van der Waals surface area contributed by atoms with Crippen molar-refractivity contribution in [2.24, 2.45) is 0 Å². The van der Waals surface area contributed by atoms with E-state index in [9.17, 15) is 0 Å². The summed E-state index contributed by atoms with van der Waals surface area (Å²) in [6, 6.07) is 8.54. The first kappa shape index (κ1) is 11.5. The van der Waals surface area contributed by atoms with Gasteiger partial charge in [-0.3, -0.25) is 0 Å². The molecule has 2 N–H and O–H groups in total. The number of nitrogens with two attached hydrogens (primary N) is 1. The Kier molecular flexibility index (Phi) is 3.35. The number of nitrogen functional groups attached to an aromatic ring is 1. The zero-order valence-electron chi connectivity index (χ0n) is 9.18. The first-order valence-electron chi connectivity index (χ1n) is 4.92. The lowest BCUT2D eigenvalue weighted by Gasteiger charge is -2.09. The molecule has 4 nitrogen and oxygen atoms in total. The standard InChI is InChI=1S/C12H11ClN2O2/c1-16-9-3-4-10(14)11(6-9)17-12-5-2-8(13)7-15-12/h2-7H,14H2,1H3. The molecule has 0 amide bonds. The highest BCUT2D eigenvalue weighted by atomic mass is 35.5. The number of halogens is 1. The van der Waals surface area contributed by atoms with Gasteiger partial charge in [0.25, 0.3) is 0 Å². The van der Waals surface area contributed by atoms with Crippen LogP contribution in [0, 0.1) is 0 Å². The second-order valence-corrected chi connectivity index (χ2v) is 3.76. The molecule has 0 aliphatic rings. The molecule has 0 spiro atoms. The van der Waals surface area contributed by atoms with Crippen LogP contribution in [-0.2, 0) is 0 Å². The second kappa shape index (κ2) is 4.93. The maximum absolute atomic E-state index is 5.79. The third-order valence-electron chi connectivity index (χ3n) is 2.14. The summed E-state index contributed by atoms with van der Waals surface area (Å²) in [4.78, 5) is 4.02. The number of hydrogen-bond donors (Lipinski definition) is 1. The largest absolute Gasteiger partial charge is 0.497 e. The van der Waals surface area contributed by atoms with Crippen LogP contribution in [0.2, 0.25) is 5.02 Å². The fraction of sp³-hybridized carbons (Fsp3) is 0.0833. The van der Waals surface area contributed by atoms with Crippen LogP contribution >= 0.6 is 11.6 Å². The van der Waals surface area contributed by atoms with Crippen molar-refractivity contribution in [2.45, 2.75) is 0 Å². The van der Waals surface area contributed by atoms with Gasteiger partial charge in [-0.25, -0.2) is 4.98 Å². The monoisotopic (exact) mass is 250 g/mol. The zero-order chi connectivity index (χ0) is 12.3. The topological polar surface area (TPSA) is 57.4 Å². The number of benzene rings is 1. The molecule has 0 saturated carbocycles. The molecule has 5 heteroatoms. The minimum absolute atomic E-state index is 0.425. The van der Waals surface area contributed by atoms with Gasteiger partial charge in [0.1, 0.15) is 5.75 Å². The van der Waals surface area contributed by atoms with Crippen LogP contribution in [0.25, 0.3) is 0 Å². The number of rotatable bonds is 3. The van der Waals surface area contributed by atoms with Gasteiger partial charge in [0.05, 0.1) is 17.8 Å². The Balaban J connectivity index is 2.25. The van der Waals surface area contributed by atoms with E-state index < -0.39 is 0 Å². The Morgan fingerprint density at radius 1 is 1.24 bits per heavy atom. The van der Waals surface area contributed by atoms with Gasteiger partial charge in [0.2, 0.25) is 5.88 Å². The van der Waals surface area contributed by atoms with Gasteiger partial charge in [0, 0.05) is 18.3 Å². The normalized spacial score (nSPS) is 10.0. The Hall–Kier alpha value is -1.94. The highest BCUT2D eigenvalue weighted by molar-refractivity contribution is 6.30. The molecule has 1 aromatic heterocycles. The summed E-state index contributed by atoms with van der Waals surface area (Å²) in [5.74, 6) is 1.59. The molecular weight excluding hydrogens is 240 g/mol. The number of methoxy groups -OCH3 is 1. The van der Waals surface area contributed by atoms with Gasteiger partial charge in [-0.05, 0) is 18.2 Å². The van der Waals surface area contributed by atoms with E-state index in [1.165, 1.54) is 6.20 Å². The molecule has 2 aromatic rings. The van der Waals surface area contributed by atoms with E-state index in [2.05, 4.69) is 4.98 Å². The van der Waals surface area contributed by atoms with E-state index in [-0.39, 0.29) is 0 Å². The van der Waals surface area contributed by atoms with E-state index in [0.29, 0.717) is 28.1 Å². The lowest BCUT2D eigenvalue weighted by atomic mass is 10.3. The molecule has 17 heavy (non-hydrogen) atoms. The van der Waals surface area contributed by atoms with Crippen molar-refractivity contribution in [1.29, 1.82) is 0 Å². The van der Waals surface area contributed by atoms with Crippen molar-refractivity contribution >= 4 is 17.3 Å². The highest BCUT2D eigenvalue weighted by Gasteiger charge is 2.05. The maximum Gasteiger partial charge on any atom is 0.219 e. The van der Waals surface area contributed by atoms with E-state index in [1.54, 1.807) is 37.4 Å². The van der Waals surface area contributed by atoms with Crippen LogP contribution in [0.3, 0.4) is 0 Å². The Morgan fingerprint density at radius 2 is 2.06 bits per heavy atom. The predicted octanol–water partition coefficient (Wildman–Crippen LogP) is 3.12. The van der Waals surface area contributed by atoms with Crippen LogP contribution in [0.15, 0.2) is 36.5 Å². The minimum Gasteiger partial charge on any atom is -0.497 e. The summed E-state index contributed by atoms with van der Waals surface area (Å²) in [5, 5.41) is 0.552. The molecule has 0 fully saturated rings. The van der Waals surface area contributed by atoms with Crippen molar-refractivity contribution in [3.05, 3.63) is 41.6 Å². The summed E-state index contributed by atoms with van der Waals surface area (Å²) < 4.78 is 10.6. The second-order valence-electron chi connectivity index (χ2n) is 3.32. The quantitative estimate of drug-likeness (QED) is 0.851. The summed E-state index contributed by atoms with van der Waals surface area (Å²) >= 11 is 5.73. The predicted molar refractivity (Wildman–Crippen MR) is 66.7 cm³/mol. The molecule has 88 valence electrons. The Morgan fingerprint density at radius 3 is 2.71 bits per heavy atom. The minimum atomic E-state index is 0.425. The number of nitrogens with zero attached hydrogens (tertiary/aromatic N) is 1. The molecule has 0 atom stereocenters. The van der Waals surface area contributed by atoms with Crippen molar-refractivity contribution in [3.63, 3.8) is 0 Å². The lowest BCUT2D eigenvalue weighted by molar-refractivity contribution is 0.408. The molecular formula is C12H11ClN2O2. The fourth-order valence-corrected chi connectivity index (χ4v) is 1.38. The van der Waals surface area contributed by atoms with Gasteiger partial charge < -0.3 is 15.2 Å². The number of ether oxygens (including phenoxy) is 2. The molecule has 1 heterocycles. The molecule has 0 bridgehead atoms. The van der Waals surface area contributed by atoms with Crippen molar-refractivity contribution in [3.8, 4) is 17.4 Å². The molecule has 0 aliphatic carbocycles. The zero-order valence-corrected chi connectivity index (χ0v) is 9.94. The number of aromatic nitrogens is 1. The third kappa shape index (κ3) is 2.79. The number of pyridine rings is 1. The summed E-state index contributed by atoms with van der Waals surface area (Å²) in [5.41, 5.74) is 6.30. The first-order chi connectivity index (χ1) is 8.19. The highest BCUT2D eigenvalue weighted by Crippen LogP contribution is 2.30. The van der Waals surface area contributed by atoms with E-state index >= 15 is 0 Å². The number of hydrogen-bond acceptors (Lipinski definition) is 4. The van der Waals surface area contributed by atoms with Crippen LogP contribution in [0.4, 0.5) is 5.69 Å². The SMILES string of the molecule is COc1ccc(N)c(Oc2ccc(Cl)cn2)c1. The molecule has 0 aliphatic heterocycles. The van der Waals surface area contributed by atoms with E-state index in [0.717, 1.165) is 0 Å². The first-order valence-corrected chi connectivity index (χ1v) is 5.30. The average Bonchev–Trinajstić information content (AvgIpc) is 2.35. The van der Waals surface area contributed by atoms with E-state index in [1.807, 2.05) is 0 Å². The van der Waals surface area contributed by atoms with Gasteiger partial charge in [-0.1, -0.05) is 11.6 Å². The Bertz CT molecular complexity index is 514. The average molecular weight is 251 g/mol. The molecule has 2 rings (SSSR count). The van der Waals surface area contributed by atoms with Crippen molar-refractivity contribution < 1.29 is 9.47 Å². The van der Waals surface area contributed by atoms with Crippen molar-refractivity contribution in [2.75, 3.05) is 12.8 Å².